The van der Waals surface area contributed by atoms with Crippen molar-refractivity contribution in [3.05, 3.63) is 89.1 Å². The monoisotopic (exact) mass is 600 g/mol. The second kappa shape index (κ2) is 13.8. The number of ketones is 1. The number of nitriles is 1. The quantitative estimate of drug-likeness (QED) is 0.219. The highest BCUT2D eigenvalue weighted by Crippen LogP contribution is 2.34. The van der Waals surface area contributed by atoms with E-state index < -0.39 is 17.7 Å². The highest BCUT2D eigenvalue weighted by Gasteiger charge is 2.22. The molecule has 0 radical (unpaired) electrons. The smallest absolute Gasteiger partial charge is 0.408 e. The lowest BCUT2D eigenvalue weighted by Crippen LogP contribution is -2.43. The van der Waals surface area contributed by atoms with Gasteiger partial charge in [-0.1, -0.05) is 12.1 Å². The van der Waals surface area contributed by atoms with Gasteiger partial charge >= 0.3 is 6.09 Å². The van der Waals surface area contributed by atoms with Gasteiger partial charge in [0.25, 0.3) is 0 Å². The third-order valence-electron chi connectivity index (χ3n) is 6.55. The highest BCUT2D eigenvalue weighted by atomic mass is 19.1. The average molecular weight is 601 g/mol. The van der Waals surface area contributed by atoms with Crippen LogP contribution in [0, 0.1) is 17.1 Å². The molecule has 0 aliphatic rings. The summed E-state index contributed by atoms with van der Waals surface area (Å²) in [7, 11) is 3.01. The van der Waals surface area contributed by atoms with Gasteiger partial charge in [-0.2, -0.15) is 5.26 Å². The predicted molar refractivity (Wildman–Crippen MR) is 161 cm³/mol. The molecule has 0 saturated heterocycles. The van der Waals surface area contributed by atoms with Crippen LogP contribution in [0.1, 0.15) is 47.8 Å². The van der Waals surface area contributed by atoms with E-state index in [0.717, 1.165) is 5.56 Å². The van der Waals surface area contributed by atoms with Crippen LogP contribution in [0.3, 0.4) is 0 Å². The molecule has 0 unspecified atom stereocenters. The van der Waals surface area contributed by atoms with Crippen LogP contribution in [0.25, 0.3) is 10.9 Å². The number of hydrogen-bond donors (Lipinski definition) is 1. The summed E-state index contributed by atoms with van der Waals surface area (Å²) in [5.74, 6) is 0.559. The largest absolute Gasteiger partial charge is 0.493 e. The number of benzene rings is 2. The number of methoxy groups -OCH3 is 2. The fourth-order valence-electron chi connectivity index (χ4n) is 4.50. The number of amides is 1. The molecule has 2 aromatic heterocycles. The minimum absolute atomic E-state index is 0.0190. The van der Waals surface area contributed by atoms with Gasteiger partial charge in [-0.15, -0.1) is 0 Å². The number of carbonyl (C=O) groups excluding carboxylic acids is 2. The fourth-order valence-corrected chi connectivity index (χ4v) is 4.50. The van der Waals surface area contributed by atoms with E-state index in [1.165, 1.54) is 44.9 Å². The maximum Gasteiger partial charge on any atom is 0.408 e. The van der Waals surface area contributed by atoms with Crippen molar-refractivity contribution in [2.45, 2.75) is 45.3 Å². The van der Waals surface area contributed by atoms with Crippen LogP contribution in [0.2, 0.25) is 0 Å². The van der Waals surface area contributed by atoms with Gasteiger partial charge in [0.15, 0.2) is 17.3 Å². The molecule has 0 aliphatic carbocycles. The van der Waals surface area contributed by atoms with E-state index in [1.807, 2.05) is 0 Å². The first-order valence-corrected chi connectivity index (χ1v) is 13.8. The Morgan fingerprint density at radius 2 is 1.73 bits per heavy atom. The molecular formula is C33H33FN4O6. The van der Waals surface area contributed by atoms with E-state index in [0.29, 0.717) is 40.1 Å². The minimum atomic E-state index is -0.702. The van der Waals surface area contributed by atoms with Crippen molar-refractivity contribution in [3.63, 3.8) is 0 Å². The first-order valence-electron chi connectivity index (χ1n) is 13.8. The Balaban J connectivity index is 1.53. The molecule has 2 aromatic carbocycles. The zero-order valence-corrected chi connectivity index (χ0v) is 25.1. The van der Waals surface area contributed by atoms with E-state index in [1.54, 1.807) is 51.1 Å². The summed E-state index contributed by atoms with van der Waals surface area (Å²) in [6, 6.07) is 12.5. The zero-order chi connectivity index (χ0) is 31.9. The lowest BCUT2D eigenvalue weighted by Gasteiger charge is -2.24. The third-order valence-corrected chi connectivity index (χ3v) is 6.55. The number of Topliss-reactive ketones (excluding diaryl/α,β-unsaturated/α-hetero) is 1. The number of carbonyl (C=O) groups is 2. The summed E-state index contributed by atoms with van der Waals surface area (Å²) in [4.78, 5) is 34.5. The summed E-state index contributed by atoms with van der Waals surface area (Å²) in [5.41, 5.74) is 1.65. The van der Waals surface area contributed by atoms with Crippen LogP contribution in [0.5, 0.6) is 17.2 Å². The van der Waals surface area contributed by atoms with Crippen LogP contribution in [-0.4, -0.2) is 54.3 Å². The van der Waals surface area contributed by atoms with Crippen molar-refractivity contribution in [1.29, 1.82) is 5.26 Å². The van der Waals surface area contributed by atoms with Gasteiger partial charge in [0, 0.05) is 35.8 Å². The maximum atomic E-state index is 13.5. The Hall–Kier alpha value is -5.24. The van der Waals surface area contributed by atoms with Crippen molar-refractivity contribution in [1.82, 2.24) is 15.3 Å². The van der Waals surface area contributed by atoms with E-state index >= 15 is 0 Å². The predicted octanol–water partition coefficient (Wildman–Crippen LogP) is 5.60. The number of halogens is 1. The van der Waals surface area contributed by atoms with Gasteiger partial charge in [-0.3, -0.25) is 14.8 Å². The van der Waals surface area contributed by atoms with Crippen LogP contribution in [0.4, 0.5) is 9.18 Å². The van der Waals surface area contributed by atoms with E-state index in [9.17, 15) is 19.2 Å². The standard InChI is InChI=1S/C33H33FN4O6/c1-33(2,3)44-32(40)38-24(10-20-6-8-23(34)9-7-20)19-43-25-11-21(16-36-18-25)29(39)12-26-22(15-35)17-37-28-14-31(42-5)30(41-4)13-27(26)28/h6-9,11,13-14,16-18,24H,10,12,19H2,1-5H3,(H,38,40)/t24-/m1/s1. The summed E-state index contributed by atoms with van der Waals surface area (Å²) < 4.78 is 35.6. The molecule has 1 amide bonds. The number of nitrogens with one attached hydrogen (secondary N) is 1. The molecule has 10 nitrogen and oxygen atoms in total. The Morgan fingerprint density at radius 3 is 2.39 bits per heavy atom. The number of fused-ring (bicyclic) bond motifs is 1. The Labute approximate surface area is 254 Å². The topological polar surface area (TPSA) is 133 Å². The molecule has 0 spiro atoms. The normalized spacial score (nSPS) is 11.8. The lowest BCUT2D eigenvalue weighted by molar-refractivity contribution is 0.0487. The van der Waals surface area contributed by atoms with Gasteiger partial charge < -0.3 is 24.3 Å². The van der Waals surface area contributed by atoms with Gasteiger partial charge in [0.05, 0.1) is 37.5 Å². The number of hydrogen-bond acceptors (Lipinski definition) is 9. The molecule has 0 bridgehead atoms. The molecule has 4 aromatic rings. The summed E-state index contributed by atoms with van der Waals surface area (Å²) in [6.45, 7) is 5.29. The van der Waals surface area contributed by atoms with Gasteiger partial charge in [0.2, 0.25) is 0 Å². The highest BCUT2D eigenvalue weighted by molar-refractivity contribution is 6.00. The van der Waals surface area contributed by atoms with E-state index in [-0.39, 0.29) is 35.8 Å². The van der Waals surface area contributed by atoms with Crippen molar-refractivity contribution in [3.8, 4) is 23.3 Å². The SMILES string of the molecule is COc1cc2ncc(C#N)c(CC(=O)c3cncc(OC[C@@H](Cc4ccc(F)cc4)NC(=O)OC(C)(C)C)c3)c2cc1OC. The third kappa shape index (κ3) is 8.19. The molecule has 228 valence electrons. The molecule has 44 heavy (non-hydrogen) atoms. The van der Waals surface area contributed by atoms with Gasteiger partial charge in [-0.05, 0) is 62.6 Å². The van der Waals surface area contributed by atoms with Crippen molar-refractivity contribution < 1.29 is 32.9 Å². The zero-order valence-electron chi connectivity index (χ0n) is 25.1. The Bertz CT molecular complexity index is 1700. The molecule has 4 rings (SSSR count). The molecule has 1 atom stereocenters. The number of aromatic nitrogens is 2. The second-order valence-electron chi connectivity index (χ2n) is 11.0. The Morgan fingerprint density at radius 1 is 1.02 bits per heavy atom. The maximum absolute atomic E-state index is 13.5. The molecule has 11 heteroatoms. The molecule has 0 fully saturated rings. The van der Waals surface area contributed by atoms with Crippen molar-refractivity contribution in [2.75, 3.05) is 20.8 Å². The second-order valence-corrected chi connectivity index (χ2v) is 11.0. The molecule has 1 N–H and O–H groups in total. The summed E-state index contributed by atoms with van der Waals surface area (Å²) >= 11 is 0. The molecular weight excluding hydrogens is 567 g/mol. The number of nitrogens with zero attached hydrogens (tertiary/aromatic N) is 3. The number of rotatable bonds is 11. The van der Waals surface area contributed by atoms with Crippen LogP contribution in [-0.2, 0) is 17.6 Å². The average Bonchev–Trinajstić information content (AvgIpc) is 2.99. The van der Waals surface area contributed by atoms with Crippen LogP contribution < -0.4 is 19.5 Å². The number of pyridine rings is 2. The van der Waals surface area contributed by atoms with Crippen LogP contribution in [0.15, 0.2) is 61.1 Å². The molecule has 0 saturated carbocycles. The Kier molecular flexibility index (Phi) is 9.95. The first-order chi connectivity index (χ1) is 21.0. The van der Waals surface area contributed by atoms with E-state index in [2.05, 4.69) is 21.4 Å². The molecule has 2 heterocycles. The summed E-state index contributed by atoms with van der Waals surface area (Å²) in [5, 5.41) is 13.1. The number of ether oxygens (including phenoxy) is 4. The van der Waals surface area contributed by atoms with Crippen molar-refractivity contribution in [2.24, 2.45) is 0 Å². The fraction of sp³-hybridized carbons (Fsp3) is 0.303. The van der Waals surface area contributed by atoms with E-state index in [4.69, 9.17) is 18.9 Å². The minimum Gasteiger partial charge on any atom is -0.493 e. The van der Waals surface area contributed by atoms with Gasteiger partial charge in [0.1, 0.15) is 29.8 Å². The molecule has 0 aliphatic heterocycles. The lowest BCUT2D eigenvalue weighted by atomic mass is 9.96. The first kappa shape index (κ1) is 31.7. The number of alkyl carbamates (subject to hydrolysis) is 1. The van der Waals surface area contributed by atoms with Gasteiger partial charge in [-0.25, -0.2) is 9.18 Å². The summed E-state index contributed by atoms with van der Waals surface area (Å²) in [6.07, 6.45) is 3.92. The van der Waals surface area contributed by atoms with Crippen molar-refractivity contribution >= 4 is 22.8 Å². The van der Waals surface area contributed by atoms with Crippen LogP contribution >= 0.6 is 0 Å².